The van der Waals surface area contributed by atoms with Crippen LogP contribution in [0, 0.1) is 13.8 Å². The highest BCUT2D eigenvalue weighted by molar-refractivity contribution is 5.53. The largest absolute Gasteiger partial charge is 0.378 e. The third kappa shape index (κ3) is 4.08. The molecule has 2 heteroatoms. The van der Waals surface area contributed by atoms with Crippen molar-refractivity contribution >= 4 is 5.69 Å². The van der Waals surface area contributed by atoms with Crippen molar-refractivity contribution in [2.24, 2.45) is 0 Å². The lowest BCUT2D eigenvalue weighted by molar-refractivity contribution is 0.403. The Bertz CT molecular complexity index is 602. The topological polar surface area (TPSA) is 15.3 Å². The maximum atomic E-state index is 3.67. The van der Waals surface area contributed by atoms with Gasteiger partial charge in [0.15, 0.2) is 0 Å². The molecule has 0 spiro atoms. The Kier molecular flexibility index (Phi) is 5.03. The second kappa shape index (κ2) is 6.77. The van der Waals surface area contributed by atoms with Gasteiger partial charge in [-0.1, -0.05) is 42.0 Å². The van der Waals surface area contributed by atoms with Gasteiger partial charge in [0.2, 0.25) is 0 Å². The molecule has 2 nitrogen and oxygen atoms in total. The van der Waals surface area contributed by atoms with Crippen LogP contribution in [-0.4, -0.2) is 19.0 Å². The summed E-state index contributed by atoms with van der Waals surface area (Å²) in [7, 11) is 4.20. The summed E-state index contributed by atoms with van der Waals surface area (Å²) in [4.78, 5) is 2.20. The first-order valence-corrected chi connectivity index (χ1v) is 7.53. The molecule has 112 valence electrons. The first-order chi connectivity index (χ1) is 9.97. The summed E-state index contributed by atoms with van der Waals surface area (Å²) in [5.74, 6) is 0. The van der Waals surface area contributed by atoms with E-state index in [9.17, 15) is 0 Å². The van der Waals surface area contributed by atoms with E-state index in [4.69, 9.17) is 0 Å². The van der Waals surface area contributed by atoms with Gasteiger partial charge in [-0.3, -0.25) is 0 Å². The van der Waals surface area contributed by atoms with E-state index in [1.807, 2.05) is 0 Å². The van der Waals surface area contributed by atoms with E-state index in [0.29, 0.717) is 6.04 Å². The first-order valence-electron chi connectivity index (χ1n) is 7.53. The zero-order valence-corrected chi connectivity index (χ0v) is 13.8. The molecule has 21 heavy (non-hydrogen) atoms. The van der Waals surface area contributed by atoms with Crippen LogP contribution in [0.5, 0.6) is 0 Å². The molecule has 0 saturated heterocycles. The lowest BCUT2D eigenvalue weighted by atomic mass is 9.99. The lowest BCUT2D eigenvalue weighted by Crippen LogP contribution is -2.14. The molecule has 0 saturated carbocycles. The third-order valence-corrected chi connectivity index (χ3v) is 3.78. The Hall–Kier alpha value is -1.80. The van der Waals surface area contributed by atoms with E-state index in [2.05, 4.69) is 87.5 Å². The van der Waals surface area contributed by atoms with E-state index in [1.54, 1.807) is 0 Å². The molecule has 2 aromatic rings. The van der Waals surface area contributed by atoms with Crippen molar-refractivity contribution in [1.82, 2.24) is 4.90 Å². The van der Waals surface area contributed by atoms with Crippen molar-refractivity contribution in [2.45, 2.75) is 33.4 Å². The number of hydrogen-bond acceptors (Lipinski definition) is 2. The predicted octanol–water partition coefficient (Wildman–Crippen LogP) is 4.54. The van der Waals surface area contributed by atoms with Gasteiger partial charge in [-0.05, 0) is 57.6 Å². The fourth-order valence-corrected chi connectivity index (χ4v) is 2.68. The van der Waals surface area contributed by atoms with Crippen molar-refractivity contribution < 1.29 is 0 Å². The van der Waals surface area contributed by atoms with Crippen molar-refractivity contribution in [3.05, 3.63) is 64.7 Å². The van der Waals surface area contributed by atoms with Crippen molar-refractivity contribution in [1.29, 1.82) is 0 Å². The van der Waals surface area contributed by atoms with E-state index in [-0.39, 0.29) is 0 Å². The van der Waals surface area contributed by atoms with Gasteiger partial charge in [-0.2, -0.15) is 0 Å². The highest BCUT2D eigenvalue weighted by atomic mass is 15.1. The normalized spacial score (nSPS) is 12.5. The fraction of sp³-hybridized carbons (Fsp3) is 0.368. The van der Waals surface area contributed by atoms with E-state index in [0.717, 1.165) is 6.54 Å². The molecule has 0 fully saturated rings. The predicted molar refractivity (Wildman–Crippen MR) is 91.8 cm³/mol. The molecule has 2 rings (SSSR count). The summed E-state index contributed by atoms with van der Waals surface area (Å²) in [6.07, 6.45) is 0. The molecule has 1 atom stereocenters. The number of benzene rings is 2. The molecular formula is C19H26N2. The summed E-state index contributed by atoms with van der Waals surface area (Å²) in [6.45, 7) is 7.51. The van der Waals surface area contributed by atoms with E-state index in [1.165, 1.54) is 27.9 Å². The van der Waals surface area contributed by atoms with Gasteiger partial charge < -0.3 is 10.2 Å². The maximum Gasteiger partial charge on any atom is 0.0488 e. The minimum Gasteiger partial charge on any atom is -0.378 e. The molecule has 2 aromatic carbocycles. The highest BCUT2D eigenvalue weighted by Gasteiger charge is 2.11. The number of anilines is 1. The molecule has 1 N–H and O–H groups in total. The molecule has 0 aliphatic carbocycles. The maximum absolute atomic E-state index is 3.67. The Morgan fingerprint density at radius 3 is 2.48 bits per heavy atom. The van der Waals surface area contributed by atoms with Crippen LogP contribution in [0.3, 0.4) is 0 Å². The van der Waals surface area contributed by atoms with Gasteiger partial charge in [-0.25, -0.2) is 0 Å². The van der Waals surface area contributed by atoms with E-state index >= 15 is 0 Å². The number of aryl methyl sites for hydroxylation is 2. The summed E-state index contributed by atoms with van der Waals surface area (Å²) < 4.78 is 0. The van der Waals surface area contributed by atoms with Crippen molar-refractivity contribution in [2.75, 3.05) is 19.4 Å². The van der Waals surface area contributed by atoms with Crippen LogP contribution < -0.4 is 5.32 Å². The van der Waals surface area contributed by atoms with Crippen molar-refractivity contribution in [3.8, 4) is 0 Å². The zero-order valence-electron chi connectivity index (χ0n) is 13.8. The molecular weight excluding hydrogens is 256 g/mol. The smallest absolute Gasteiger partial charge is 0.0488 e. The quantitative estimate of drug-likeness (QED) is 0.866. The van der Waals surface area contributed by atoms with Crippen molar-refractivity contribution in [3.63, 3.8) is 0 Å². The van der Waals surface area contributed by atoms with Crippen LogP contribution in [0.2, 0.25) is 0 Å². The summed E-state index contributed by atoms with van der Waals surface area (Å²) in [5, 5.41) is 3.67. The standard InChI is InChI=1S/C19H26N2/c1-14-10-11-15(2)18(12-14)16(3)20-19-9-7-6-8-17(19)13-21(4)5/h6-12,16,20H,13H2,1-5H3. The minimum atomic E-state index is 0.299. The monoisotopic (exact) mass is 282 g/mol. The molecule has 0 aromatic heterocycles. The Labute approximate surface area is 128 Å². The van der Waals surface area contributed by atoms with Gasteiger partial charge in [-0.15, -0.1) is 0 Å². The molecule has 0 bridgehead atoms. The molecule has 0 aliphatic heterocycles. The average Bonchev–Trinajstić information content (AvgIpc) is 2.43. The van der Waals surface area contributed by atoms with E-state index < -0.39 is 0 Å². The van der Waals surface area contributed by atoms with Crippen LogP contribution in [0.15, 0.2) is 42.5 Å². The molecule has 0 radical (unpaired) electrons. The molecule has 0 amide bonds. The second-order valence-electron chi connectivity index (χ2n) is 6.12. The van der Waals surface area contributed by atoms with Gasteiger partial charge in [0.05, 0.1) is 0 Å². The molecule has 1 unspecified atom stereocenters. The molecule has 0 heterocycles. The van der Waals surface area contributed by atoms with Crippen LogP contribution in [0.4, 0.5) is 5.69 Å². The van der Waals surface area contributed by atoms with Crippen LogP contribution in [0.1, 0.15) is 35.2 Å². The first kappa shape index (κ1) is 15.6. The lowest BCUT2D eigenvalue weighted by Gasteiger charge is -2.21. The van der Waals surface area contributed by atoms with Crippen LogP contribution in [-0.2, 0) is 6.54 Å². The summed E-state index contributed by atoms with van der Waals surface area (Å²) >= 11 is 0. The SMILES string of the molecule is Cc1ccc(C)c(C(C)Nc2ccccc2CN(C)C)c1. The van der Waals surface area contributed by atoms with Gasteiger partial charge >= 0.3 is 0 Å². The number of hydrogen-bond donors (Lipinski definition) is 1. The summed E-state index contributed by atoms with van der Waals surface area (Å²) in [5.41, 5.74) is 6.57. The van der Waals surface area contributed by atoms with Crippen LogP contribution >= 0.6 is 0 Å². The van der Waals surface area contributed by atoms with Gasteiger partial charge in [0.1, 0.15) is 0 Å². The van der Waals surface area contributed by atoms with Gasteiger partial charge in [0.25, 0.3) is 0 Å². The summed E-state index contributed by atoms with van der Waals surface area (Å²) in [6, 6.07) is 15.5. The van der Waals surface area contributed by atoms with Crippen LogP contribution in [0.25, 0.3) is 0 Å². The second-order valence-corrected chi connectivity index (χ2v) is 6.12. The number of rotatable bonds is 5. The number of para-hydroxylation sites is 1. The molecule has 0 aliphatic rings. The highest BCUT2D eigenvalue weighted by Crippen LogP contribution is 2.25. The Morgan fingerprint density at radius 2 is 1.76 bits per heavy atom. The number of nitrogens with one attached hydrogen (secondary N) is 1. The van der Waals surface area contributed by atoms with Gasteiger partial charge in [0, 0.05) is 18.3 Å². The number of nitrogens with zero attached hydrogens (tertiary/aromatic N) is 1. The average molecular weight is 282 g/mol. The zero-order chi connectivity index (χ0) is 15.4. The Balaban J connectivity index is 2.23. The minimum absolute atomic E-state index is 0.299. The third-order valence-electron chi connectivity index (χ3n) is 3.78. The Morgan fingerprint density at radius 1 is 1.05 bits per heavy atom. The fourth-order valence-electron chi connectivity index (χ4n) is 2.68.